The Morgan fingerprint density at radius 3 is 2.31 bits per heavy atom. The molecule has 3 saturated heterocycles. The molecule has 212 valence electrons. The van der Waals surface area contributed by atoms with Gasteiger partial charge in [0.05, 0.1) is 25.7 Å². The smallest absolute Gasteiger partial charge is 0.251 e. The summed E-state index contributed by atoms with van der Waals surface area (Å²) in [7, 11) is -3.19. The van der Waals surface area contributed by atoms with Crippen LogP contribution in [0.3, 0.4) is 0 Å². The predicted octanol–water partition coefficient (Wildman–Crippen LogP) is 2.33. The fraction of sp³-hybridized carbons (Fsp3) is 0.577. The number of halogens is 1. The lowest BCUT2D eigenvalue weighted by Crippen LogP contribution is -2.49. The number of nitrogens with one attached hydrogen (secondary N) is 2. The van der Waals surface area contributed by atoms with Gasteiger partial charge >= 0.3 is 0 Å². The van der Waals surface area contributed by atoms with Gasteiger partial charge in [-0.2, -0.15) is 4.98 Å². The number of nitrogens with zero attached hydrogens (tertiary/aromatic N) is 5. The molecule has 1 aromatic heterocycles. The van der Waals surface area contributed by atoms with Crippen LogP contribution < -0.4 is 15.5 Å². The second kappa shape index (κ2) is 12.3. The third-order valence-corrected chi connectivity index (χ3v) is 9.29. The minimum atomic E-state index is -3.19. The van der Waals surface area contributed by atoms with E-state index in [1.807, 2.05) is 12.1 Å². The van der Waals surface area contributed by atoms with Gasteiger partial charge in [-0.3, -0.25) is 9.69 Å². The van der Waals surface area contributed by atoms with Crippen molar-refractivity contribution in [1.29, 1.82) is 0 Å². The number of benzene rings is 1. The molecule has 0 bridgehead atoms. The number of hydrogen-bond acceptors (Lipinski definition) is 9. The number of carbonyl (C=O) groups is 1. The molecular weight excluding hydrogens is 542 g/mol. The first-order valence-electron chi connectivity index (χ1n) is 13.5. The van der Waals surface area contributed by atoms with Crippen LogP contribution in [-0.2, 0) is 14.8 Å². The van der Waals surface area contributed by atoms with E-state index in [1.165, 1.54) is 10.6 Å². The third-order valence-electron chi connectivity index (χ3n) is 7.71. The summed E-state index contributed by atoms with van der Waals surface area (Å²) in [4.78, 5) is 26.6. The summed E-state index contributed by atoms with van der Waals surface area (Å²) in [5.74, 6) is 0.995. The Labute approximate surface area is 234 Å². The summed E-state index contributed by atoms with van der Waals surface area (Å²) in [6.07, 6.45) is 6.16. The van der Waals surface area contributed by atoms with E-state index >= 15 is 0 Å². The zero-order valence-electron chi connectivity index (χ0n) is 22.2. The van der Waals surface area contributed by atoms with Crippen LogP contribution in [0.5, 0.6) is 0 Å². The molecular formula is C26H36ClN7O4S. The molecule has 5 rings (SSSR count). The monoisotopic (exact) mass is 577 g/mol. The van der Waals surface area contributed by atoms with Crippen molar-refractivity contribution in [3.05, 3.63) is 41.0 Å². The van der Waals surface area contributed by atoms with Crippen molar-refractivity contribution in [2.45, 2.75) is 37.8 Å². The Morgan fingerprint density at radius 2 is 1.67 bits per heavy atom. The third kappa shape index (κ3) is 7.17. The van der Waals surface area contributed by atoms with E-state index in [9.17, 15) is 13.2 Å². The van der Waals surface area contributed by atoms with Crippen molar-refractivity contribution in [2.24, 2.45) is 0 Å². The van der Waals surface area contributed by atoms with Gasteiger partial charge in [-0.1, -0.05) is 11.6 Å². The molecule has 0 spiro atoms. The largest absolute Gasteiger partial charge is 0.379 e. The highest BCUT2D eigenvalue weighted by molar-refractivity contribution is 7.88. The van der Waals surface area contributed by atoms with Crippen LogP contribution in [0.25, 0.3) is 0 Å². The normalized spacial score (nSPS) is 20.6. The predicted molar refractivity (Wildman–Crippen MR) is 151 cm³/mol. The van der Waals surface area contributed by atoms with Gasteiger partial charge in [-0.05, 0) is 49.9 Å². The molecule has 0 radical (unpaired) electrons. The van der Waals surface area contributed by atoms with Gasteiger partial charge in [0.2, 0.25) is 16.0 Å². The van der Waals surface area contributed by atoms with E-state index in [-0.39, 0.29) is 11.9 Å². The number of aromatic nitrogens is 2. The Bertz CT molecular complexity index is 1240. The number of rotatable bonds is 7. The number of anilines is 3. The SMILES string of the molecule is CS(=O)(=O)N1CCC(NC(=O)c2ccc(Nc3nc(N4CCC(N5CCOCC5)CC4)ncc3Cl)cc2)CC1. The maximum absolute atomic E-state index is 12.7. The first-order chi connectivity index (χ1) is 18.8. The molecule has 0 aliphatic carbocycles. The molecule has 0 atom stereocenters. The Morgan fingerprint density at radius 1 is 1.00 bits per heavy atom. The van der Waals surface area contributed by atoms with Crippen LogP contribution in [0, 0.1) is 0 Å². The molecule has 1 amide bonds. The highest BCUT2D eigenvalue weighted by atomic mass is 35.5. The van der Waals surface area contributed by atoms with Crippen LogP contribution in [0.4, 0.5) is 17.5 Å². The molecule has 1 aromatic carbocycles. The van der Waals surface area contributed by atoms with Gasteiger partial charge in [0.1, 0.15) is 5.02 Å². The van der Waals surface area contributed by atoms with E-state index in [2.05, 4.69) is 25.4 Å². The van der Waals surface area contributed by atoms with Gasteiger partial charge in [0.25, 0.3) is 5.91 Å². The van der Waals surface area contributed by atoms with Crippen molar-refractivity contribution >= 4 is 45.0 Å². The first-order valence-corrected chi connectivity index (χ1v) is 15.7. The number of sulfonamides is 1. The standard InChI is InChI=1S/C26H36ClN7O4S/c1-39(36,37)34-12-6-21(7-13-34)30-25(35)19-2-4-20(5-3-19)29-24-23(27)18-28-26(31-24)33-10-8-22(9-11-33)32-14-16-38-17-15-32/h2-5,18,21-22H,6-17H2,1H3,(H,30,35)(H,28,29,31). The van der Waals surface area contributed by atoms with Gasteiger partial charge in [0.15, 0.2) is 5.82 Å². The summed E-state index contributed by atoms with van der Waals surface area (Å²) in [6, 6.07) is 7.64. The molecule has 3 aliphatic rings. The van der Waals surface area contributed by atoms with Crippen molar-refractivity contribution in [3.63, 3.8) is 0 Å². The first kappa shape index (κ1) is 28.0. The highest BCUT2D eigenvalue weighted by Crippen LogP contribution is 2.27. The lowest BCUT2D eigenvalue weighted by molar-refractivity contribution is 0.0114. The molecule has 2 N–H and O–H groups in total. The summed E-state index contributed by atoms with van der Waals surface area (Å²) in [5.41, 5.74) is 1.29. The molecule has 11 nitrogen and oxygen atoms in total. The highest BCUT2D eigenvalue weighted by Gasteiger charge is 2.28. The molecule has 39 heavy (non-hydrogen) atoms. The van der Waals surface area contributed by atoms with Crippen molar-refractivity contribution < 1.29 is 17.9 Å². The van der Waals surface area contributed by atoms with Gasteiger partial charge in [0, 0.05) is 62.6 Å². The van der Waals surface area contributed by atoms with Gasteiger partial charge in [-0.25, -0.2) is 17.7 Å². The fourth-order valence-corrected chi connectivity index (χ4v) is 6.43. The molecule has 2 aromatic rings. The summed E-state index contributed by atoms with van der Waals surface area (Å²) in [5, 5.41) is 6.69. The maximum atomic E-state index is 12.7. The maximum Gasteiger partial charge on any atom is 0.251 e. The quantitative estimate of drug-likeness (QED) is 0.511. The number of morpholine rings is 1. The summed E-state index contributed by atoms with van der Waals surface area (Å²) < 4.78 is 30.3. The Kier molecular flexibility index (Phi) is 8.87. The second-order valence-corrected chi connectivity index (χ2v) is 12.7. The van der Waals surface area contributed by atoms with Crippen molar-refractivity contribution in [1.82, 2.24) is 24.5 Å². The van der Waals surface area contributed by atoms with Gasteiger partial charge in [-0.15, -0.1) is 0 Å². The Balaban J connectivity index is 1.15. The average molecular weight is 578 g/mol. The summed E-state index contributed by atoms with van der Waals surface area (Å²) in [6.45, 7) is 6.24. The zero-order chi connectivity index (χ0) is 27.4. The number of piperidine rings is 2. The van der Waals surface area contributed by atoms with Crippen molar-refractivity contribution in [3.8, 4) is 0 Å². The topological polar surface area (TPSA) is 120 Å². The lowest BCUT2D eigenvalue weighted by atomic mass is 10.0. The van der Waals surface area contributed by atoms with E-state index < -0.39 is 10.0 Å². The molecule has 0 unspecified atom stereocenters. The fourth-order valence-electron chi connectivity index (χ4n) is 5.41. The average Bonchev–Trinajstić information content (AvgIpc) is 2.95. The summed E-state index contributed by atoms with van der Waals surface area (Å²) >= 11 is 6.41. The van der Waals surface area contributed by atoms with Crippen LogP contribution in [-0.4, -0.2) is 104 Å². The second-order valence-electron chi connectivity index (χ2n) is 10.3. The zero-order valence-corrected chi connectivity index (χ0v) is 23.8. The Hall–Kier alpha value is -2.51. The minimum Gasteiger partial charge on any atom is -0.379 e. The molecule has 3 aliphatic heterocycles. The van der Waals surface area contributed by atoms with Crippen molar-refractivity contribution in [2.75, 3.05) is 69.0 Å². The number of ether oxygens (including phenoxy) is 1. The van der Waals surface area contributed by atoms with E-state index in [0.717, 1.165) is 57.9 Å². The van der Waals surface area contributed by atoms with Crippen LogP contribution in [0.1, 0.15) is 36.0 Å². The van der Waals surface area contributed by atoms with Gasteiger partial charge < -0.3 is 20.3 Å². The van der Waals surface area contributed by atoms with Crippen LogP contribution >= 0.6 is 11.6 Å². The van der Waals surface area contributed by atoms with Crippen LogP contribution in [0.15, 0.2) is 30.5 Å². The molecule has 0 saturated carbocycles. The molecule has 3 fully saturated rings. The molecule has 13 heteroatoms. The molecule has 4 heterocycles. The lowest BCUT2D eigenvalue weighted by Gasteiger charge is -2.40. The van der Waals surface area contributed by atoms with E-state index in [4.69, 9.17) is 21.3 Å². The van der Waals surface area contributed by atoms with Crippen LogP contribution in [0.2, 0.25) is 5.02 Å². The van der Waals surface area contributed by atoms with E-state index in [1.54, 1.807) is 18.3 Å². The minimum absolute atomic E-state index is 0.0505. The number of carbonyl (C=O) groups excluding carboxylic acids is 1. The number of amides is 1. The van der Waals surface area contributed by atoms with E-state index in [0.29, 0.717) is 54.3 Å². The number of hydrogen-bond donors (Lipinski definition) is 2.